The van der Waals surface area contributed by atoms with Gasteiger partial charge in [-0.2, -0.15) is 13.2 Å². The maximum Gasteiger partial charge on any atom is 0.416 e. The van der Waals surface area contributed by atoms with Gasteiger partial charge in [-0.25, -0.2) is 4.39 Å². The molecule has 1 heterocycles. The summed E-state index contributed by atoms with van der Waals surface area (Å²) >= 11 is 0. The third kappa shape index (κ3) is 5.56. The lowest BCUT2D eigenvalue weighted by atomic mass is 10.0. The maximum absolute atomic E-state index is 12.9. The normalized spacial score (nSPS) is 15.2. The van der Waals surface area contributed by atoms with Gasteiger partial charge in [0.2, 0.25) is 5.91 Å². The summed E-state index contributed by atoms with van der Waals surface area (Å²) < 4.78 is 50.7. The first-order chi connectivity index (χ1) is 13.7. The Hall–Kier alpha value is -2.90. The number of carbonyl (C=O) groups is 2. The van der Waals surface area contributed by atoms with Gasteiger partial charge in [-0.1, -0.05) is 12.1 Å². The van der Waals surface area contributed by atoms with Crippen LogP contribution in [0.2, 0.25) is 0 Å². The van der Waals surface area contributed by atoms with Crippen LogP contribution in [0, 0.1) is 5.82 Å². The molecule has 0 saturated carbocycles. The minimum absolute atomic E-state index is 0.0656. The number of nitrogens with one attached hydrogen (secondary N) is 1. The van der Waals surface area contributed by atoms with Crippen LogP contribution < -0.4 is 5.32 Å². The number of amides is 2. The Morgan fingerprint density at radius 1 is 0.966 bits per heavy atom. The topological polar surface area (TPSA) is 49.4 Å². The van der Waals surface area contributed by atoms with Crippen LogP contribution in [0.4, 0.5) is 17.6 Å². The molecule has 1 saturated heterocycles. The predicted molar refractivity (Wildman–Crippen MR) is 98.6 cm³/mol. The van der Waals surface area contributed by atoms with Crippen molar-refractivity contribution in [2.45, 2.75) is 31.5 Å². The van der Waals surface area contributed by atoms with E-state index in [0.717, 1.165) is 29.8 Å². The van der Waals surface area contributed by atoms with Crippen LogP contribution in [0.5, 0.6) is 0 Å². The first-order valence-corrected chi connectivity index (χ1v) is 9.23. The third-order valence-corrected chi connectivity index (χ3v) is 4.93. The van der Waals surface area contributed by atoms with Crippen molar-refractivity contribution in [2.24, 2.45) is 0 Å². The van der Waals surface area contributed by atoms with Gasteiger partial charge < -0.3 is 10.2 Å². The summed E-state index contributed by atoms with van der Waals surface area (Å²) in [6.45, 7) is 0.940. The van der Waals surface area contributed by atoms with Crippen molar-refractivity contribution in [1.29, 1.82) is 0 Å². The van der Waals surface area contributed by atoms with E-state index in [1.165, 1.54) is 12.1 Å². The average Bonchev–Trinajstić information content (AvgIpc) is 2.69. The van der Waals surface area contributed by atoms with E-state index in [4.69, 9.17) is 0 Å². The van der Waals surface area contributed by atoms with Crippen LogP contribution >= 0.6 is 0 Å². The molecule has 0 atom stereocenters. The summed E-state index contributed by atoms with van der Waals surface area (Å²) in [5, 5.41) is 2.81. The van der Waals surface area contributed by atoms with Crippen molar-refractivity contribution >= 4 is 11.8 Å². The minimum Gasteiger partial charge on any atom is -0.349 e. The van der Waals surface area contributed by atoms with Crippen molar-refractivity contribution in [3.8, 4) is 0 Å². The lowest BCUT2D eigenvalue weighted by Crippen LogP contribution is -2.47. The highest BCUT2D eigenvalue weighted by Crippen LogP contribution is 2.29. The number of piperidine rings is 1. The Labute approximate surface area is 165 Å². The molecule has 29 heavy (non-hydrogen) atoms. The summed E-state index contributed by atoms with van der Waals surface area (Å²) in [6.07, 6.45) is -3.14. The molecule has 1 fully saturated rings. The highest BCUT2D eigenvalue weighted by Gasteiger charge is 2.30. The second-order valence-electron chi connectivity index (χ2n) is 7.01. The Morgan fingerprint density at radius 2 is 1.55 bits per heavy atom. The fraction of sp³-hybridized carbons (Fsp3) is 0.333. The predicted octanol–water partition coefficient (Wildman–Crippen LogP) is 3.81. The zero-order chi connectivity index (χ0) is 21.0. The molecule has 0 bridgehead atoms. The quantitative estimate of drug-likeness (QED) is 0.783. The highest BCUT2D eigenvalue weighted by molar-refractivity contribution is 5.94. The second kappa shape index (κ2) is 8.63. The van der Waals surface area contributed by atoms with Crippen LogP contribution in [-0.4, -0.2) is 35.8 Å². The summed E-state index contributed by atoms with van der Waals surface area (Å²) in [5.74, 6) is -0.857. The van der Waals surface area contributed by atoms with E-state index in [0.29, 0.717) is 25.9 Å². The number of alkyl halides is 3. The number of hydrogen-bond acceptors (Lipinski definition) is 2. The molecule has 1 aliphatic rings. The monoisotopic (exact) mass is 408 g/mol. The Balaban J connectivity index is 1.48. The number of hydrogen-bond donors (Lipinski definition) is 1. The molecule has 2 amide bonds. The molecule has 4 nitrogen and oxygen atoms in total. The largest absolute Gasteiger partial charge is 0.416 e. The molecule has 8 heteroatoms. The Morgan fingerprint density at radius 3 is 2.10 bits per heavy atom. The molecular weight excluding hydrogens is 388 g/mol. The number of rotatable bonds is 4. The number of benzene rings is 2. The molecule has 0 aliphatic carbocycles. The standard InChI is InChI=1S/C21H20F4N2O2/c22-17-7-1-14(2-8-17)13-19(28)27-11-9-18(10-12-27)26-20(29)15-3-5-16(6-4-15)21(23,24)25/h1-8,18H,9-13H2,(H,26,29). The van der Waals surface area contributed by atoms with Crippen LogP contribution in [0.25, 0.3) is 0 Å². The maximum atomic E-state index is 12.9. The van der Waals surface area contributed by atoms with E-state index in [9.17, 15) is 27.2 Å². The van der Waals surface area contributed by atoms with E-state index in [2.05, 4.69) is 5.32 Å². The van der Waals surface area contributed by atoms with Gasteiger partial charge in [-0.3, -0.25) is 9.59 Å². The van der Waals surface area contributed by atoms with Gasteiger partial charge in [0.25, 0.3) is 5.91 Å². The second-order valence-corrected chi connectivity index (χ2v) is 7.01. The summed E-state index contributed by atoms with van der Waals surface area (Å²) in [5.41, 5.74) is 0.0870. The molecule has 1 aliphatic heterocycles. The van der Waals surface area contributed by atoms with Gasteiger partial charge >= 0.3 is 6.18 Å². The highest BCUT2D eigenvalue weighted by atomic mass is 19.4. The van der Waals surface area contributed by atoms with Crippen molar-refractivity contribution in [1.82, 2.24) is 10.2 Å². The van der Waals surface area contributed by atoms with Crippen LogP contribution in [0.3, 0.4) is 0 Å². The number of likely N-dealkylation sites (tertiary alicyclic amines) is 1. The van der Waals surface area contributed by atoms with Crippen LogP contribution in [0.1, 0.15) is 34.3 Å². The lowest BCUT2D eigenvalue weighted by Gasteiger charge is -2.32. The molecule has 0 unspecified atom stereocenters. The van der Waals surface area contributed by atoms with Gasteiger partial charge in [-0.15, -0.1) is 0 Å². The molecule has 0 aromatic heterocycles. The summed E-state index contributed by atoms with van der Waals surface area (Å²) in [4.78, 5) is 26.3. The molecule has 2 aromatic carbocycles. The number of nitrogens with zero attached hydrogens (tertiary/aromatic N) is 1. The first kappa shape index (κ1) is 20.8. The third-order valence-electron chi connectivity index (χ3n) is 4.93. The zero-order valence-electron chi connectivity index (χ0n) is 15.5. The fourth-order valence-electron chi connectivity index (χ4n) is 3.24. The van der Waals surface area contributed by atoms with E-state index >= 15 is 0 Å². The van der Waals surface area contributed by atoms with Crippen molar-refractivity contribution < 1.29 is 27.2 Å². The van der Waals surface area contributed by atoms with Gasteiger partial charge in [0.05, 0.1) is 12.0 Å². The van der Waals surface area contributed by atoms with Crippen molar-refractivity contribution in [3.63, 3.8) is 0 Å². The lowest BCUT2D eigenvalue weighted by molar-refractivity contribution is -0.137. The van der Waals surface area contributed by atoms with Gasteiger partial charge in [-0.05, 0) is 54.8 Å². The molecule has 1 N–H and O–H groups in total. The van der Waals surface area contributed by atoms with Crippen LogP contribution in [0.15, 0.2) is 48.5 Å². The summed E-state index contributed by atoms with van der Waals surface area (Å²) in [6, 6.07) is 9.68. The molecule has 3 rings (SSSR count). The number of halogens is 4. The molecule has 0 spiro atoms. The van der Waals surface area contributed by atoms with Gasteiger partial charge in [0.1, 0.15) is 5.82 Å². The molecule has 154 valence electrons. The zero-order valence-corrected chi connectivity index (χ0v) is 15.5. The Kier molecular flexibility index (Phi) is 6.20. The average molecular weight is 408 g/mol. The van der Waals surface area contributed by atoms with E-state index in [1.807, 2.05) is 0 Å². The first-order valence-electron chi connectivity index (χ1n) is 9.23. The van der Waals surface area contributed by atoms with E-state index < -0.39 is 17.6 Å². The minimum atomic E-state index is -4.44. The number of carbonyl (C=O) groups excluding carboxylic acids is 2. The van der Waals surface area contributed by atoms with E-state index in [-0.39, 0.29) is 29.8 Å². The van der Waals surface area contributed by atoms with Crippen molar-refractivity contribution in [2.75, 3.05) is 13.1 Å². The molecule has 2 aromatic rings. The van der Waals surface area contributed by atoms with E-state index in [1.54, 1.807) is 17.0 Å². The molecular formula is C21H20F4N2O2. The van der Waals surface area contributed by atoms with Crippen LogP contribution in [-0.2, 0) is 17.4 Å². The summed E-state index contributed by atoms with van der Waals surface area (Å²) in [7, 11) is 0. The van der Waals surface area contributed by atoms with Gasteiger partial charge in [0.15, 0.2) is 0 Å². The van der Waals surface area contributed by atoms with Crippen molar-refractivity contribution in [3.05, 3.63) is 71.0 Å². The fourth-order valence-corrected chi connectivity index (χ4v) is 3.24. The molecule has 0 radical (unpaired) electrons. The SMILES string of the molecule is O=C(NC1CCN(C(=O)Cc2ccc(F)cc2)CC1)c1ccc(C(F)(F)F)cc1. The van der Waals surface area contributed by atoms with Gasteiger partial charge in [0, 0.05) is 24.7 Å². The smallest absolute Gasteiger partial charge is 0.349 e. The Bertz CT molecular complexity index is 856.